The maximum atomic E-state index is 11.7. The molecular weight excluding hydrogens is 210 g/mol. The molecule has 0 fully saturated rings. The Bertz CT molecular complexity index is 346. The van der Waals surface area contributed by atoms with Crippen LogP contribution in [-0.4, -0.2) is 33.7 Å². The summed E-state index contributed by atoms with van der Waals surface area (Å²) >= 11 is 1.73. The number of aromatic amines is 1. The minimum Gasteiger partial charge on any atom is -0.351 e. The second kappa shape index (κ2) is 4.70. The molecule has 1 amide bonds. The molecule has 0 spiro atoms. The molecule has 0 aliphatic rings. The molecule has 4 nitrogen and oxygen atoms in total. The molecule has 0 saturated heterocycles. The molecule has 84 valence electrons. The topological polar surface area (TPSA) is 57.8 Å². The van der Waals surface area contributed by atoms with Gasteiger partial charge < -0.3 is 5.32 Å². The van der Waals surface area contributed by atoms with Crippen LogP contribution in [-0.2, 0) is 0 Å². The van der Waals surface area contributed by atoms with E-state index >= 15 is 0 Å². The first-order chi connectivity index (χ1) is 6.96. The lowest BCUT2D eigenvalue weighted by Gasteiger charge is -2.22. The van der Waals surface area contributed by atoms with E-state index in [-0.39, 0.29) is 10.7 Å². The van der Waals surface area contributed by atoms with Crippen molar-refractivity contribution in [2.24, 2.45) is 0 Å². The van der Waals surface area contributed by atoms with E-state index in [1.165, 1.54) is 0 Å². The van der Waals surface area contributed by atoms with Crippen LogP contribution in [0.25, 0.3) is 0 Å². The molecule has 1 heterocycles. The molecule has 0 aliphatic carbocycles. The number of aryl methyl sites for hydroxylation is 1. The summed E-state index contributed by atoms with van der Waals surface area (Å²) < 4.78 is 0.0628. The average Bonchev–Trinajstić information content (AvgIpc) is 2.61. The Balaban J connectivity index is 2.55. The van der Waals surface area contributed by atoms with Crippen LogP contribution in [0.2, 0.25) is 0 Å². The molecule has 0 unspecified atom stereocenters. The Kier molecular flexibility index (Phi) is 3.79. The third kappa shape index (κ3) is 3.27. The van der Waals surface area contributed by atoms with Gasteiger partial charge in [-0.3, -0.25) is 9.89 Å². The molecule has 15 heavy (non-hydrogen) atoms. The summed E-state index contributed by atoms with van der Waals surface area (Å²) in [6, 6.07) is 0. The van der Waals surface area contributed by atoms with Crippen molar-refractivity contribution in [1.82, 2.24) is 15.5 Å². The van der Waals surface area contributed by atoms with Gasteiger partial charge in [-0.15, -0.1) is 0 Å². The van der Waals surface area contributed by atoms with Crippen LogP contribution in [0.4, 0.5) is 0 Å². The SMILES string of the molecule is CSC(C)(C)CNC(=O)c1cn[nH]c1C. The van der Waals surface area contributed by atoms with Gasteiger partial charge in [-0.2, -0.15) is 16.9 Å². The van der Waals surface area contributed by atoms with Crippen LogP contribution in [0.15, 0.2) is 6.20 Å². The van der Waals surface area contributed by atoms with Gasteiger partial charge in [0.2, 0.25) is 0 Å². The fourth-order valence-electron chi connectivity index (χ4n) is 1.04. The lowest BCUT2D eigenvalue weighted by Crippen LogP contribution is -2.36. The lowest BCUT2D eigenvalue weighted by atomic mass is 10.2. The molecule has 0 radical (unpaired) electrons. The van der Waals surface area contributed by atoms with E-state index in [1.807, 2.05) is 13.2 Å². The largest absolute Gasteiger partial charge is 0.351 e. The van der Waals surface area contributed by atoms with E-state index in [1.54, 1.807) is 18.0 Å². The molecule has 0 atom stereocenters. The van der Waals surface area contributed by atoms with E-state index in [9.17, 15) is 4.79 Å². The van der Waals surface area contributed by atoms with Gasteiger partial charge in [-0.05, 0) is 27.0 Å². The zero-order valence-electron chi connectivity index (χ0n) is 9.55. The molecule has 0 bridgehead atoms. The minimum atomic E-state index is -0.0663. The maximum absolute atomic E-state index is 11.7. The first kappa shape index (κ1) is 12.1. The second-order valence-electron chi connectivity index (χ2n) is 4.06. The predicted octanol–water partition coefficient (Wildman–Crippen LogP) is 1.59. The Morgan fingerprint density at radius 2 is 2.33 bits per heavy atom. The Labute approximate surface area is 94.2 Å². The quantitative estimate of drug-likeness (QED) is 0.821. The van der Waals surface area contributed by atoms with E-state index in [0.29, 0.717) is 12.1 Å². The van der Waals surface area contributed by atoms with Crippen molar-refractivity contribution in [1.29, 1.82) is 0 Å². The number of thioether (sulfide) groups is 1. The Morgan fingerprint density at radius 3 is 2.80 bits per heavy atom. The Hall–Kier alpha value is -0.970. The number of hydrogen-bond donors (Lipinski definition) is 2. The van der Waals surface area contributed by atoms with Gasteiger partial charge in [-0.1, -0.05) is 0 Å². The number of aromatic nitrogens is 2. The van der Waals surface area contributed by atoms with Gasteiger partial charge in [-0.25, -0.2) is 0 Å². The fraction of sp³-hybridized carbons (Fsp3) is 0.600. The van der Waals surface area contributed by atoms with E-state index in [0.717, 1.165) is 5.69 Å². The van der Waals surface area contributed by atoms with Gasteiger partial charge in [0, 0.05) is 17.0 Å². The summed E-state index contributed by atoms with van der Waals surface area (Å²) in [5.41, 5.74) is 1.42. The van der Waals surface area contributed by atoms with Crippen LogP contribution in [0.1, 0.15) is 29.9 Å². The predicted molar refractivity (Wildman–Crippen MR) is 63.3 cm³/mol. The highest BCUT2D eigenvalue weighted by Gasteiger charge is 2.18. The minimum absolute atomic E-state index is 0.0628. The highest BCUT2D eigenvalue weighted by atomic mass is 32.2. The summed E-state index contributed by atoms with van der Waals surface area (Å²) in [6.07, 6.45) is 3.59. The van der Waals surface area contributed by atoms with Crippen molar-refractivity contribution in [3.05, 3.63) is 17.5 Å². The van der Waals surface area contributed by atoms with E-state index < -0.39 is 0 Å². The van der Waals surface area contributed by atoms with Gasteiger partial charge >= 0.3 is 0 Å². The number of rotatable bonds is 4. The molecule has 2 N–H and O–H groups in total. The number of amides is 1. The van der Waals surface area contributed by atoms with Crippen molar-refractivity contribution < 1.29 is 4.79 Å². The highest BCUT2D eigenvalue weighted by Crippen LogP contribution is 2.19. The standard InChI is InChI=1S/C10H17N3OS/c1-7-8(5-12-13-7)9(14)11-6-10(2,3)15-4/h5H,6H2,1-4H3,(H,11,14)(H,12,13). The summed E-state index contributed by atoms with van der Waals surface area (Å²) in [5, 5.41) is 9.46. The second-order valence-corrected chi connectivity index (χ2v) is 5.57. The molecule has 1 aromatic heterocycles. The molecule has 1 aromatic rings. The van der Waals surface area contributed by atoms with Crippen molar-refractivity contribution in [3.8, 4) is 0 Å². The first-order valence-electron chi connectivity index (χ1n) is 4.79. The molecule has 0 aliphatic heterocycles. The van der Waals surface area contributed by atoms with Crippen LogP contribution < -0.4 is 5.32 Å². The van der Waals surface area contributed by atoms with Crippen molar-refractivity contribution in [3.63, 3.8) is 0 Å². The van der Waals surface area contributed by atoms with Gasteiger partial charge in [0.1, 0.15) is 0 Å². The summed E-state index contributed by atoms with van der Waals surface area (Å²) in [6.45, 7) is 6.68. The third-order valence-corrected chi connectivity index (χ3v) is 3.55. The van der Waals surface area contributed by atoms with Gasteiger partial charge in [0.05, 0.1) is 11.8 Å². The highest BCUT2D eigenvalue weighted by molar-refractivity contribution is 7.99. The third-order valence-electron chi connectivity index (χ3n) is 2.30. The van der Waals surface area contributed by atoms with Gasteiger partial charge in [0.15, 0.2) is 0 Å². The summed E-state index contributed by atoms with van der Waals surface area (Å²) in [7, 11) is 0. The first-order valence-corrected chi connectivity index (χ1v) is 6.02. The molecule has 1 rings (SSSR count). The van der Waals surface area contributed by atoms with Crippen molar-refractivity contribution in [2.45, 2.75) is 25.5 Å². The van der Waals surface area contributed by atoms with E-state index in [2.05, 4.69) is 29.4 Å². The molecule has 0 saturated carbocycles. The fourth-order valence-corrected chi connectivity index (χ4v) is 1.26. The van der Waals surface area contributed by atoms with Crippen LogP contribution in [0, 0.1) is 6.92 Å². The summed E-state index contributed by atoms with van der Waals surface area (Å²) in [4.78, 5) is 11.7. The zero-order chi connectivity index (χ0) is 11.5. The molecular formula is C10H17N3OS. The Morgan fingerprint density at radius 1 is 1.67 bits per heavy atom. The number of carbonyl (C=O) groups excluding carboxylic acids is 1. The van der Waals surface area contributed by atoms with Crippen LogP contribution in [0.5, 0.6) is 0 Å². The zero-order valence-corrected chi connectivity index (χ0v) is 10.4. The summed E-state index contributed by atoms with van der Waals surface area (Å²) in [5.74, 6) is -0.0663. The number of nitrogens with one attached hydrogen (secondary N) is 2. The average molecular weight is 227 g/mol. The number of H-pyrrole nitrogens is 1. The number of nitrogens with zero attached hydrogens (tertiary/aromatic N) is 1. The number of hydrogen-bond acceptors (Lipinski definition) is 3. The smallest absolute Gasteiger partial charge is 0.254 e. The van der Waals surface area contributed by atoms with Gasteiger partial charge in [0.25, 0.3) is 5.91 Å². The molecule has 0 aromatic carbocycles. The van der Waals surface area contributed by atoms with Crippen LogP contribution in [0.3, 0.4) is 0 Å². The van der Waals surface area contributed by atoms with Crippen molar-refractivity contribution in [2.75, 3.05) is 12.8 Å². The number of carbonyl (C=O) groups is 1. The molecule has 5 heteroatoms. The van der Waals surface area contributed by atoms with Crippen LogP contribution >= 0.6 is 11.8 Å². The monoisotopic (exact) mass is 227 g/mol. The van der Waals surface area contributed by atoms with E-state index in [4.69, 9.17) is 0 Å². The lowest BCUT2D eigenvalue weighted by molar-refractivity contribution is 0.0950. The maximum Gasteiger partial charge on any atom is 0.254 e. The normalized spacial score (nSPS) is 11.5. The van der Waals surface area contributed by atoms with Crippen molar-refractivity contribution >= 4 is 17.7 Å².